The Morgan fingerprint density at radius 3 is 2.61 bits per heavy atom. The minimum absolute atomic E-state index is 0.249. The molecule has 1 saturated carbocycles. The Morgan fingerprint density at radius 2 is 1.72 bits per heavy atom. The summed E-state index contributed by atoms with van der Waals surface area (Å²) in [5.41, 5.74) is 3.79. The van der Waals surface area contributed by atoms with Crippen LogP contribution in [-0.4, -0.2) is 25.3 Å². The van der Waals surface area contributed by atoms with Gasteiger partial charge in [0.05, 0.1) is 12.2 Å². The van der Waals surface area contributed by atoms with Crippen molar-refractivity contribution in [3.63, 3.8) is 0 Å². The van der Waals surface area contributed by atoms with E-state index >= 15 is 0 Å². The van der Waals surface area contributed by atoms with E-state index < -0.39 is 0 Å². The maximum Gasteiger partial charge on any atom is 0.0719 e. The van der Waals surface area contributed by atoms with Crippen LogP contribution in [0.15, 0.2) is 11.1 Å². The summed E-state index contributed by atoms with van der Waals surface area (Å²) in [6.45, 7) is 3.37. The van der Waals surface area contributed by atoms with Gasteiger partial charge in [-0.3, -0.25) is 0 Å². The summed E-state index contributed by atoms with van der Waals surface area (Å²) < 4.78 is 6.21. The number of nitrogens with one attached hydrogen (secondary N) is 1. The van der Waals surface area contributed by atoms with E-state index in [2.05, 4.69) is 5.32 Å². The fraction of sp³-hybridized carbons (Fsp3) is 0.875. The Bertz CT molecular complexity index is 300. The van der Waals surface area contributed by atoms with Crippen molar-refractivity contribution < 1.29 is 4.74 Å². The summed E-state index contributed by atoms with van der Waals surface area (Å²) in [7, 11) is 0. The maximum absolute atomic E-state index is 6.21. The van der Waals surface area contributed by atoms with Gasteiger partial charge in [-0.25, -0.2) is 0 Å². The first-order valence-electron chi connectivity index (χ1n) is 7.92. The van der Waals surface area contributed by atoms with Gasteiger partial charge in [0.15, 0.2) is 0 Å². The van der Waals surface area contributed by atoms with Gasteiger partial charge < -0.3 is 10.1 Å². The van der Waals surface area contributed by atoms with Crippen LogP contribution in [0.2, 0.25) is 0 Å². The standard InChI is InChI=1S/C16H27NO/c1-2-8-16(9-3-1)13-15(7-12-18-16)14-5-4-10-17-11-6-14/h17H,1-13H2. The first kappa shape index (κ1) is 12.7. The molecule has 3 fully saturated rings. The molecular formula is C16H27NO. The van der Waals surface area contributed by atoms with Crippen molar-refractivity contribution in [2.45, 2.75) is 69.8 Å². The zero-order chi connectivity index (χ0) is 12.3. The third kappa shape index (κ3) is 2.80. The Kier molecular flexibility index (Phi) is 4.05. The van der Waals surface area contributed by atoms with E-state index in [-0.39, 0.29) is 5.60 Å². The lowest BCUT2D eigenvalue weighted by Gasteiger charge is -2.42. The third-order valence-electron chi connectivity index (χ3n) is 5.05. The van der Waals surface area contributed by atoms with Crippen molar-refractivity contribution in [1.82, 2.24) is 5.32 Å². The molecule has 102 valence electrons. The van der Waals surface area contributed by atoms with Gasteiger partial charge in [0, 0.05) is 0 Å². The number of hydrogen-bond donors (Lipinski definition) is 1. The maximum atomic E-state index is 6.21. The molecule has 2 aliphatic heterocycles. The van der Waals surface area contributed by atoms with Crippen LogP contribution >= 0.6 is 0 Å². The van der Waals surface area contributed by atoms with Gasteiger partial charge in [0.25, 0.3) is 0 Å². The van der Waals surface area contributed by atoms with E-state index in [1.807, 2.05) is 0 Å². The van der Waals surface area contributed by atoms with Crippen LogP contribution in [0.5, 0.6) is 0 Å². The van der Waals surface area contributed by atoms with Crippen molar-refractivity contribution in [3.8, 4) is 0 Å². The smallest absolute Gasteiger partial charge is 0.0719 e. The van der Waals surface area contributed by atoms with Crippen molar-refractivity contribution >= 4 is 0 Å². The largest absolute Gasteiger partial charge is 0.374 e. The molecule has 0 bridgehead atoms. The van der Waals surface area contributed by atoms with E-state index in [4.69, 9.17) is 4.74 Å². The first-order valence-corrected chi connectivity index (χ1v) is 7.92. The third-order valence-corrected chi connectivity index (χ3v) is 5.05. The highest BCUT2D eigenvalue weighted by atomic mass is 16.5. The van der Waals surface area contributed by atoms with Gasteiger partial charge in [-0.05, 0) is 58.0 Å². The molecule has 0 aromatic heterocycles. The Morgan fingerprint density at radius 1 is 0.833 bits per heavy atom. The van der Waals surface area contributed by atoms with E-state index in [1.165, 1.54) is 77.3 Å². The van der Waals surface area contributed by atoms with Crippen molar-refractivity contribution in [1.29, 1.82) is 0 Å². The molecule has 0 aromatic carbocycles. The summed E-state index contributed by atoms with van der Waals surface area (Å²) in [5, 5.41) is 3.52. The second-order valence-electron chi connectivity index (χ2n) is 6.33. The van der Waals surface area contributed by atoms with Crippen LogP contribution in [0.1, 0.15) is 64.2 Å². The van der Waals surface area contributed by atoms with Crippen molar-refractivity contribution in [3.05, 3.63) is 11.1 Å². The van der Waals surface area contributed by atoms with Gasteiger partial charge >= 0.3 is 0 Å². The summed E-state index contributed by atoms with van der Waals surface area (Å²) in [6, 6.07) is 0. The van der Waals surface area contributed by atoms with Gasteiger partial charge in [-0.15, -0.1) is 0 Å². The molecule has 1 spiro atoms. The molecule has 2 saturated heterocycles. The highest BCUT2D eigenvalue weighted by Gasteiger charge is 2.36. The van der Waals surface area contributed by atoms with Crippen LogP contribution in [0.25, 0.3) is 0 Å². The fourth-order valence-electron chi connectivity index (χ4n) is 4.01. The summed E-state index contributed by atoms with van der Waals surface area (Å²) >= 11 is 0. The zero-order valence-corrected chi connectivity index (χ0v) is 11.6. The number of hydrogen-bond acceptors (Lipinski definition) is 2. The van der Waals surface area contributed by atoms with Crippen LogP contribution < -0.4 is 5.32 Å². The molecular weight excluding hydrogens is 222 g/mol. The lowest BCUT2D eigenvalue weighted by Crippen LogP contribution is -2.39. The predicted octanol–water partition coefficient (Wildman–Crippen LogP) is 3.57. The van der Waals surface area contributed by atoms with E-state index in [0.29, 0.717) is 0 Å². The highest BCUT2D eigenvalue weighted by Crippen LogP contribution is 2.42. The van der Waals surface area contributed by atoms with Crippen LogP contribution in [0.3, 0.4) is 0 Å². The lowest BCUT2D eigenvalue weighted by molar-refractivity contribution is -0.0843. The summed E-state index contributed by atoms with van der Waals surface area (Å²) in [6.07, 6.45) is 13.2. The van der Waals surface area contributed by atoms with Gasteiger partial charge in [0.1, 0.15) is 0 Å². The minimum atomic E-state index is 0.249. The molecule has 0 unspecified atom stereocenters. The molecule has 3 aliphatic rings. The molecule has 0 amide bonds. The molecule has 0 radical (unpaired) electrons. The van der Waals surface area contributed by atoms with E-state index in [9.17, 15) is 0 Å². The Hall–Kier alpha value is -0.340. The molecule has 2 nitrogen and oxygen atoms in total. The van der Waals surface area contributed by atoms with Crippen molar-refractivity contribution in [2.24, 2.45) is 0 Å². The zero-order valence-electron chi connectivity index (χ0n) is 11.6. The second kappa shape index (κ2) is 5.75. The molecule has 3 rings (SSSR count). The number of ether oxygens (including phenoxy) is 1. The second-order valence-corrected chi connectivity index (χ2v) is 6.33. The minimum Gasteiger partial charge on any atom is -0.374 e. The average molecular weight is 249 g/mol. The van der Waals surface area contributed by atoms with Gasteiger partial charge in [-0.1, -0.05) is 30.4 Å². The fourth-order valence-corrected chi connectivity index (χ4v) is 4.01. The Labute approximate surface area is 111 Å². The van der Waals surface area contributed by atoms with Crippen LogP contribution in [0.4, 0.5) is 0 Å². The SMILES string of the molecule is C1CCC2(CC1)CC(=C1CCCNCC1)CCO2. The van der Waals surface area contributed by atoms with E-state index in [1.54, 1.807) is 11.1 Å². The molecule has 1 N–H and O–H groups in total. The van der Waals surface area contributed by atoms with Crippen molar-refractivity contribution in [2.75, 3.05) is 19.7 Å². The van der Waals surface area contributed by atoms with Gasteiger partial charge in [0.2, 0.25) is 0 Å². The normalized spacial score (nSPS) is 33.3. The monoisotopic (exact) mass is 249 g/mol. The predicted molar refractivity (Wildman–Crippen MR) is 74.7 cm³/mol. The molecule has 2 heteroatoms. The highest BCUT2D eigenvalue weighted by molar-refractivity contribution is 5.20. The van der Waals surface area contributed by atoms with Crippen LogP contribution in [-0.2, 0) is 4.74 Å². The quantitative estimate of drug-likeness (QED) is 0.663. The topological polar surface area (TPSA) is 21.3 Å². The summed E-state index contributed by atoms with van der Waals surface area (Å²) in [4.78, 5) is 0. The molecule has 1 aliphatic carbocycles. The number of rotatable bonds is 0. The average Bonchev–Trinajstić information content (AvgIpc) is 2.68. The van der Waals surface area contributed by atoms with E-state index in [0.717, 1.165) is 6.61 Å². The molecule has 18 heavy (non-hydrogen) atoms. The lowest BCUT2D eigenvalue weighted by atomic mass is 9.76. The first-order chi connectivity index (χ1) is 8.88. The summed E-state index contributed by atoms with van der Waals surface area (Å²) in [5.74, 6) is 0. The Balaban J connectivity index is 1.73. The van der Waals surface area contributed by atoms with Gasteiger partial charge in [-0.2, -0.15) is 0 Å². The molecule has 0 aromatic rings. The molecule has 2 heterocycles. The molecule has 0 atom stereocenters. The van der Waals surface area contributed by atoms with Crippen LogP contribution in [0, 0.1) is 0 Å².